The van der Waals surface area contributed by atoms with Crippen molar-refractivity contribution in [3.05, 3.63) is 82.5 Å². The predicted molar refractivity (Wildman–Crippen MR) is 98.0 cm³/mol. The van der Waals surface area contributed by atoms with Gasteiger partial charge >= 0.3 is 0 Å². The largest absolute Gasteiger partial charge is 0.319 e. The van der Waals surface area contributed by atoms with E-state index >= 15 is 0 Å². The summed E-state index contributed by atoms with van der Waals surface area (Å²) in [6.07, 6.45) is 2.33. The van der Waals surface area contributed by atoms with Crippen LogP contribution in [0, 0.1) is 23.3 Å². The fraction of sp³-hybridized carbons (Fsp3) is 0.0526. The summed E-state index contributed by atoms with van der Waals surface area (Å²) in [5, 5.41) is 5.95. The third-order valence-corrected chi connectivity index (χ3v) is 4.25. The molecule has 0 radical (unpaired) electrons. The lowest BCUT2D eigenvalue weighted by Crippen LogP contribution is -2.28. The molecule has 0 fully saturated rings. The number of amides is 1. The molecule has 4 aromatic rings. The van der Waals surface area contributed by atoms with E-state index in [-0.39, 0.29) is 17.1 Å². The fourth-order valence-corrected chi connectivity index (χ4v) is 2.84. The summed E-state index contributed by atoms with van der Waals surface area (Å²) in [6.45, 7) is -0.699. The molecule has 0 spiro atoms. The van der Waals surface area contributed by atoms with Crippen LogP contribution in [0.5, 0.6) is 0 Å². The molecule has 30 heavy (non-hydrogen) atoms. The second-order valence-electron chi connectivity index (χ2n) is 6.20. The van der Waals surface area contributed by atoms with Gasteiger partial charge in [0.25, 0.3) is 5.56 Å². The lowest BCUT2D eigenvalue weighted by Gasteiger charge is -2.10. The Morgan fingerprint density at radius 2 is 1.70 bits per heavy atom. The molecule has 4 rings (SSSR count). The van der Waals surface area contributed by atoms with E-state index < -0.39 is 47.0 Å². The first-order valence-electron chi connectivity index (χ1n) is 8.48. The molecule has 7 nitrogen and oxygen atoms in total. The molecular formula is C19H11F4N5O2. The zero-order chi connectivity index (χ0) is 21.4. The van der Waals surface area contributed by atoms with Crippen molar-refractivity contribution in [1.29, 1.82) is 0 Å². The lowest BCUT2D eigenvalue weighted by molar-refractivity contribution is -0.116. The number of hydrogen-bond acceptors (Lipinski definition) is 4. The predicted octanol–water partition coefficient (Wildman–Crippen LogP) is 2.78. The van der Waals surface area contributed by atoms with E-state index in [2.05, 4.69) is 10.1 Å². The Balaban J connectivity index is 1.63. The topological polar surface area (TPSA) is 81.8 Å². The second-order valence-corrected chi connectivity index (χ2v) is 6.20. The number of nitrogens with zero attached hydrogens (tertiary/aromatic N) is 4. The average molecular weight is 417 g/mol. The number of carbonyl (C=O) groups excluding carboxylic acids is 1. The monoisotopic (exact) mass is 417 g/mol. The van der Waals surface area contributed by atoms with Gasteiger partial charge in [0.15, 0.2) is 28.9 Å². The van der Waals surface area contributed by atoms with Crippen LogP contribution in [0.3, 0.4) is 0 Å². The van der Waals surface area contributed by atoms with E-state index in [1.165, 1.54) is 10.9 Å². The Morgan fingerprint density at radius 1 is 1.03 bits per heavy atom. The Labute approximate surface area is 165 Å². The van der Waals surface area contributed by atoms with Gasteiger partial charge in [0.2, 0.25) is 5.91 Å². The van der Waals surface area contributed by atoms with Gasteiger partial charge in [-0.3, -0.25) is 14.2 Å². The van der Waals surface area contributed by atoms with Crippen LogP contribution in [-0.2, 0) is 11.3 Å². The van der Waals surface area contributed by atoms with E-state index in [0.29, 0.717) is 5.69 Å². The van der Waals surface area contributed by atoms with Crippen molar-refractivity contribution in [2.75, 3.05) is 5.32 Å². The standard InChI is InChI=1S/C19H11F4N5O2/c20-12-6-13(21)16(23)17(15(12)22)26-14(29)8-27-9-24-18-11(19(27)30)7-25-28(18)10-4-2-1-3-5-10/h1-7,9H,8H2,(H,26,29). The summed E-state index contributed by atoms with van der Waals surface area (Å²) in [6, 6.07) is 8.91. The zero-order valence-corrected chi connectivity index (χ0v) is 14.9. The summed E-state index contributed by atoms with van der Waals surface area (Å²) >= 11 is 0. The fourth-order valence-electron chi connectivity index (χ4n) is 2.84. The van der Waals surface area contributed by atoms with Crippen LogP contribution in [0.15, 0.2) is 53.7 Å². The van der Waals surface area contributed by atoms with Crippen molar-refractivity contribution < 1.29 is 22.4 Å². The van der Waals surface area contributed by atoms with Crippen molar-refractivity contribution >= 4 is 22.6 Å². The number of para-hydroxylation sites is 1. The molecule has 0 atom stereocenters. The molecule has 1 amide bonds. The van der Waals surface area contributed by atoms with E-state index in [1.54, 1.807) is 29.6 Å². The van der Waals surface area contributed by atoms with Gasteiger partial charge in [-0.05, 0) is 12.1 Å². The van der Waals surface area contributed by atoms with E-state index in [4.69, 9.17) is 0 Å². The third kappa shape index (κ3) is 3.30. The minimum absolute atomic E-state index is 0.0209. The molecule has 2 aromatic carbocycles. The molecule has 2 heterocycles. The number of aromatic nitrogens is 4. The van der Waals surface area contributed by atoms with Gasteiger partial charge in [0.05, 0.1) is 11.9 Å². The number of anilines is 1. The Morgan fingerprint density at radius 3 is 2.37 bits per heavy atom. The Hall–Kier alpha value is -4.02. The highest BCUT2D eigenvalue weighted by atomic mass is 19.2. The van der Waals surface area contributed by atoms with Crippen LogP contribution in [0.4, 0.5) is 23.2 Å². The molecule has 0 bridgehead atoms. The first kappa shape index (κ1) is 19.3. The maximum Gasteiger partial charge on any atom is 0.264 e. The maximum atomic E-state index is 13.7. The molecule has 0 aliphatic carbocycles. The number of hydrogen-bond donors (Lipinski definition) is 1. The second kappa shape index (κ2) is 7.43. The van der Waals surface area contributed by atoms with E-state index in [1.807, 2.05) is 6.07 Å². The number of fused-ring (bicyclic) bond motifs is 1. The van der Waals surface area contributed by atoms with Crippen LogP contribution in [0.25, 0.3) is 16.7 Å². The number of nitrogens with one attached hydrogen (secondary N) is 1. The molecule has 1 N–H and O–H groups in total. The van der Waals surface area contributed by atoms with E-state index in [9.17, 15) is 27.2 Å². The number of halogens is 4. The van der Waals surface area contributed by atoms with E-state index in [0.717, 1.165) is 10.9 Å². The molecule has 0 aliphatic heterocycles. The highest BCUT2D eigenvalue weighted by Gasteiger charge is 2.21. The van der Waals surface area contributed by atoms with Crippen molar-refractivity contribution in [3.8, 4) is 5.69 Å². The molecule has 152 valence electrons. The van der Waals surface area contributed by atoms with Crippen LogP contribution >= 0.6 is 0 Å². The molecule has 0 saturated heterocycles. The number of rotatable bonds is 4. The molecule has 2 aromatic heterocycles. The van der Waals surface area contributed by atoms with Crippen molar-refractivity contribution in [3.63, 3.8) is 0 Å². The Kier molecular flexibility index (Phi) is 4.78. The molecule has 0 saturated carbocycles. The SMILES string of the molecule is O=C(Cn1cnc2c(cnn2-c2ccccc2)c1=O)Nc1c(F)c(F)cc(F)c1F. The van der Waals surface area contributed by atoms with Crippen molar-refractivity contribution in [2.45, 2.75) is 6.54 Å². The molecule has 0 unspecified atom stereocenters. The van der Waals surface area contributed by atoms with Crippen LogP contribution in [0.1, 0.15) is 0 Å². The number of carbonyl (C=O) groups is 1. The highest BCUT2D eigenvalue weighted by molar-refractivity contribution is 5.91. The van der Waals surface area contributed by atoms with Crippen LogP contribution < -0.4 is 10.9 Å². The third-order valence-electron chi connectivity index (χ3n) is 4.25. The summed E-state index contributed by atoms with van der Waals surface area (Å²) in [7, 11) is 0. The summed E-state index contributed by atoms with van der Waals surface area (Å²) in [4.78, 5) is 28.9. The normalized spacial score (nSPS) is 11.1. The van der Waals surface area contributed by atoms with Gasteiger partial charge in [0, 0.05) is 6.07 Å². The molecule has 11 heteroatoms. The Bertz CT molecular complexity index is 1310. The lowest BCUT2D eigenvalue weighted by atomic mass is 10.2. The first-order chi connectivity index (χ1) is 14.4. The zero-order valence-electron chi connectivity index (χ0n) is 14.9. The summed E-state index contributed by atoms with van der Waals surface area (Å²) in [5.41, 5.74) is -1.01. The van der Waals surface area contributed by atoms with Gasteiger partial charge in [-0.2, -0.15) is 5.10 Å². The summed E-state index contributed by atoms with van der Waals surface area (Å²) in [5.74, 6) is -7.94. The minimum atomic E-state index is -1.76. The van der Waals surface area contributed by atoms with Gasteiger partial charge in [-0.15, -0.1) is 0 Å². The minimum Gasteiger partial charge on any atom is -0.319 e. The smallest absolute Gasteiger partial charge is 0.264 e. The molecular weight excluding hydrogens is 406 g/mol. The van der Waals surface area contributed by atoms with Gasteiger partial charge in [-0.1, -0.05) is 18.2 Å². The quantitative estimate of drug-likeness (QED) is 0.409. The van der Waals surface area contributed by atoms with Crippen LogP contribution in [-0.4, -0.2) is 25.2 Å². The number of benzene rings is 2. The van der Waals surface area contributed by atoms with Crippen molar-refractivity contribution in [1.82, 2.24) is 19.3 Å². The van der Waals surface area contributed by atoms with Gasteiger partial charge in [-0.25, -0.2) is 27.2 Å². The van der Waals surface area contributed by atoms with Crippen LogP contribution in [0.2, 0.25) is 0 Å². The average Bonchev–Trinajstić information content (AvgIpc) is 3.17. The first-order valence-corrected chi connectivity index (χ1v) is 8.48. The highest BCUT2D eigenvalue weighted by Crippen LogP contribution is 2.24. The molecule has 0 aliphatic rings. The summed E-state index contributed by atoms with van der Waals surface area (Å²) < 4.78 is 56.3. The maximum absolute atomic E-state index is 13.7. The van der Waals surface area contributed by atoms with Crippen molar-refractivity contribution in [2.24, 2.45) is 0 Å². The van der Waals surface area contributed by atoms with Gasteiger partial charge in [0.1, 0.15) is 23.9 Å². The van der Waals surface area contributed by atoms with Gasteiger partial charge < -0.3 is 5.32 Å².